The molecule has 2 aliphatic heterocycles. The second-order valence-electron chi connectivity index (χ2n) is 9.56. The highest BCUT2D eigenvalue weighted by atomic mass is 32.2. The molecular formula is C28H32N6O8S2. The number of fused-ring (bicyclic) bond motifs is 1. The van der Waals surface area contributed by atoms with Gasteiger partial charge in [-0.25, -0.2) is 14.6 Å². The van der Waals surface area contributed by atoms with Gasteiger partial charge in [-0.1, -0.05) is 37.2 Å². The fourth-order valence-electron chi connectivity index (χ4n) is 4.40. The van der Waals surface area contributed by atoms with E-state index >= 15 is 0 Å². The third-order valence-corrected chi connectivity index (χ3v) is 8.76. The number of anilines is 1. The van der Waals surface area contributed by atoms with Crippen molar-refractivity contribution in [2.45, 2.75) is 51.1 Å². The SMILES string of the molecule is CCC(CC)OC(=O)OCCOC(=O)C1=C(/C=C\c2cccnc2C)CS[C@H]2[C@H](NC(=O)C(=NO)c3csc(N)n3)C(=O)N12. The third kappa shape index (κ3) is 7.37. The zero-order valence-corrected chi connectivity index (χ0v) is 25.9. The lowest BCUT2D eigenvalue weighted by Crippen LogP contribution is -2.71. The van der Waals surface area contributed by atoms with E-state index < -0.39 is 41.1 Å². The molecule has 234 valence electrons. The largest absolute Gasteiger partial charge is 0.508 e. The van der Waals surface area contributed by atoms with Gasteiger partial charge in [0.25, 0.3) is 11.8 Å². The van der Waals surface area contributed by atoms with Crippen molar-refractivity contribution in [3.05, 3.63) is 58.0 Å². The van der Waals surface area contributed by atoms with Gasteiger partial charge in [-0.15, -0.1) is 23.1 Å². The molecule has 1 fully saturated rings. The van der Waals surface area contributed by atoms with Crippen molar-refractivity contribution in [3.8, 4) is 0 Å². The Hall–Kier alpha value is -4.44. The third-order valence-electron chi connectivity index (χ3n) is 6.78. The molecule has 0 unspecified atom stereocenters. The van der Waals surface area contributed by atoms with E-state index in [1.807, 2.05) is 26.8 Å². The maximum atomic E-state index is 13.4. The van der Waals surface area contributed by atoms with E-state index in [9.17, 15) is 24.4 Å². The first-order valence-corrected chi connectivity index (χ1v) is 15.6. The van der Waals surface area contributed by atoms with E-state index in [1.165, 1.54) is 22.0 Å². The summed E-state index contributed by atoms with van der Waals surface area (Å²) in [6.07, 6.45) is 5.33. The van der Waals surface area contributed by atoms with Crippen LogP contribution >= 0.6 is 23.1 Å². The van der Waals surface area contributed by atoms with Crippen molar-refractivity contribution in [2.75, 3.05) is 24.7 Å². The average molecular weight is 645 g/mol. The number of amides is 2. The van der Waals surface area contributed by atoms with Crippen LogP contribution in [0.25, 0.3) is 6.08 Å². The number of hydrogen-bond acceptors (Lipinski definition) is 14. The number of thiazole rings is 1. The van der Waals surface area contributed by atoms with Gasteiger partial charge in [0.1, 0.15) is 42.1 Å². The van der Waals surface area contributed by atoms with Crippen LogP contribution in [0.2, 0.25) is 0 Å². The number of esters is 1. The smallest absolute Gasteiger partial charge is 0.457 e. The number of nitrogens with zero attached hydrogens (tertiary/aromatic N) is 4. The Morgan fingerprint density at radius 1 is 1.25 bits per heavy atom. The summed E-state index contributed by atoms with van der Waals surface area (Å²) in [6.45, 7) is 5.11. The van der Waals surface area contributed by atoms with E-state index in [2.05, 4.69) is 20.4 Å². The maximum absolute atomic E-state index is 13.4. The first-order valence-electron chi connectivity index (χ1n) is 13.7. The van der Waals surface area contributed by atoms with Crippen LogP contribution in [0.3, 0.4) is 0 Å². The number of oxime groups is 1. The number of thioether (sulfide) groups is 1. The average Bonchev–Trinajstić information content (AvgIpc) is 3.45. The van der Waals surface area contributed by atoms with E-state index in [1.54, 1.807) is 24.4 Å². The molecule has 4 N–H and O–H groups in total. The molecule has 0 saturated carbocycles. The summed E-state index contributed by atoms with van der Waals surface area (Å²) in [6, 6.07) is 2.63. The fraction of sp³-hybridized carbons (Fsp3) is 0.393. The van der Waals surface area contributed by atoms with Crippen molar-refractivity contribution < 1.29 is 38.6 Å². The van der Waals surface area contributed by atoms with Gasteiger partial charge >= 0.3 is 12.1 Å². The van der Waals surface area contributed by atoms with Gasteiger partial charge in [-0.2, -0.15) is 0 Å². The van der Waals surface area contributed by atoms with Gasteiger partial charge in [-0.3, -0.25) is 19.5 Å². The molecule has 44 heavy (non-hydrogen) atoms. The molecule has 2 aliphatic rings. The van der Waals surface area contributed by atoms with E-state index in [0.29, 0.717) is 24.2 Å². The van der Waals surface area contributed by atoms with Crippen molar-refractivity contribution in [2.24, 2.45) is 5.16 Å². The Morgan fingerprint density at radius 3 is 2.66 bits per heavy atom. The summed E-state index contributed by atoms with van der Waals surface area (Å²) in [5, 5.41) is 16.0. The zero-order valence-electron chi connectivity index (χ0n) is 24.2. The number of carbonyl (C=O) groups is 4. The number of aryl methyl sites for hydroxylation is 1. The van der Waals surface area contributed by atoms with Crippen LogP contribution in [0.15, 0.2) is 46.2 Å². The first kappa shape index (κ1) is 32.5. The normalized spacial score (nSPS) is 18.2. The number of hydrogen-bond donors (Lipinski definition) is 3. The Kier molecular flexibility index (Phi) is 10.9. The summed E-state index contributed by atoms with van der Waals surface area (Å²) < 4.78 is 15.6. The summed E-state index contributed by atoms with van der Waals surface area (Å²) in [5.74, 6) is -1.89. The second-order valence-corrected chi connectivity index (χ2v) is 11.6. The molecule has 4 rings (SSSR count). The van der Waals surface area contributed by atoms with Crippen LogP contribution in [-0.4, -0.2) is 86.2 Å². The van der Waals surface area contributed by atoms with Gasteiger partial charge in [0.05, 0.1) is 0 Å². The minimum atomic E-state index is -1.02. The van der Waals surface area contributed by atoms with Gasteiger partial charge in [-0.05, 0) is 37.0 Å². The molecule has 2 aromatic heterocycles. The van der Waals surface area contributed by atoms with Crippen molar-refractivity contribution >= 4 is 64.0 Å². The van der Waals surface area contributed by atoms with Crippen LogP contribution in [0.1, 0.15) is 43.6 Å². The van der Waals surface area contributed by atoms with Crippen molar-refractivity contribution in [1.82, 2.24) is 20.2 Å². The molecule has 2 aromatic rings. The number of aromatic nitrogens is 2. The molecule has 4 heterocycles. The zero-order chi connectivity index (χ0) is 31.8. The molecule has 2 atom stereocenters. The highest BCUT2D eigenvalue weighted by Gasteiger charge is 2.54. The van der Waals surface area contributed by atoms with Gasteiger partial charge in [0, 0.05) is 23.0 Å². The lowest BCUT2D eigenvalue weighted by atomic mass is 10.0. The highest BCUT2D eigenvalue weighted by molar-refractivity contribution is 8.00. The quantitative estimate of drug-likeness (QED) is 0.0764. The molecule has 14 nitrogen and oxygen atoms in total. The number of allylic oxidation sites excluding steroid dienone is 1. The van der Waals surface area contributed by atoms with Crippen LogP contribution in [0.4, 0.5) is 9.93 Å². The first-order chi connectivity index (χ1) is 21.2. The molecular weight excluding hydrogens is 612 g/mol. The summed E-state index contributed by atoms with van der Waals surface area (Å²) in [7, 11) is 0. The number of nitrogen functional groups attached to an aromatic ring is 1. The topological polar surface area (TPSA) is 196 Å². The van der Waals surface area contributed by atoms with E-state index in [-0.39, 0.29) is 35.8 Å². The number of nitrogens with two attached hydrogens (primary N) is 1. The summed E-state index contributed by atoms with van der Waals surface area (Å²) >= 11 is 2.39. The fourth-order valence-corrected chi connectivity index (χ4v) is 6.26. The Morgan fingerprint density at radius 2 is 2.00 bits per heavy atom. The standard InChI is InChI=1S/C28H32N6O8S2/c1-4-18(5-2)42-28(38)41-12-11-40-26(37)22-17(9-8-16-7-6-10-30-15(16)3)13-43-25-21(24(36)34(22)25)32-23(35)20(33-39)19-14-44-27(29)31-19/h6-10,14,18,21,25,39H,4-5,11-13H2,1-3H3,(H2,29,31)(H,32,35)/b9-8-,33-20?/t21-,25+/m1/s1. The van der Waals surface area contributed by atoms with Crippen LogP contribution < -0.4 is 11.1 Å². The Labute approximate surface area is 261 Å². The Balaban J connectivity index is 1.49. The molecule has 2 amide bonds. The maximum Gasteiger partial charge on any atom is 0.508 e. The molecule has 0 aliphatic carbocycles. The van der Waals surface area contributed by atoms with E-state index in [0.717, 1.165) is 22.6 Å². The minimum Gasteiger partial charge on any atom is -0.457 e. The molecule has 0 bridgehead atoms. The number of nitrogens with one attached hydrogen (secondary N) is 1. The number of carbonyl (C=O) groups excluding carboxylic acids is 4. The lowest BCUT2D eigenvalue weighted by Gasteiger charge is -2.49. The highest BCUT2D eigenvalue weighted by Crippen LogP contribution is 2.41. The van der Waals surface area contributed by atoms with Crippen molar-refractivity contribution in [1.29, 1.82) is 0 Å². The van der Waals surface area contributed by atoms with Crippen molar-refractivity contribution in [3.63, 3.8) is 0 Å². The molecule has 0 aromatic carbocycles. The number of rotatable bonds is 12. The van der Waals surface area contributed by atoms with Gasteiger partial charge in [0.2, 0.25) is 0 Å². The van der Waals surface area contributed by atoms with Gasteiger partial charge < -0.3 is 30.5 Å². The van der Waals surface area contributed by atoms with Crippen LogP contribution in [0, 0.1) is 6.92 Å². The second kappa shape index (κ2) is 14.8. The minimum absolute atomic E-state index is 0.00460. The molecule has 1 saturated heterocycles. The van der Waals surface area contributed by atoms with Gasteiger partial charge in [0.15, 0.2) is 10.8 Å². The van der Waals surface area contributed by atoms with Crippen LogP contribution in [-0.2, 0) is 28.6 Å². The summed E-state index contributed by atoms with van der Waals surface area (Å²) in [4.78, 5) is 61.0. The number of ether oxygens (including phenoxy) is 3. The predicted molar refractivity (Wildman–Crippen MR) is 163 cm³/mol. The lowest BCUT2D eigenvalue weighted by molar-refractivity contribution is -0.153. The number of β-lactam (4-membered cyclic amide) rings is 1. The monoisotopic (exact) mass is 644 g/mol. The van der Waals surface area contributed by atoms with Crippen LogP contribution in [0.5, 0.6) is 0 Å². The predicted octanol–water partition coefficient (Wildman–Crippen LogP) is 2.86. The summed E-state index contributed by atoms with van der Waals surface area (Å²) in [5.41, 5.74) is 7.39. The molecule has 16 heteroatoms. The Bertz CT molecular complexity index is 1500. The number of pyridine rings is 1. The molecule has 0 spiro atoms. The van der Waals surface area contributed by atoms with E-state index in [4.69, 9.17) is 19.9 Å². The molecule has 0 radical (unpaired) electrons.